The van der Waals surface area contributed by atoms with Crippen molar-refractivity contribution in [2.75, 3.05) is 44.2 Å². The largest absolute Gasteiger partial charge is 0.416 e. The number of piperidine rings is 1. The summed E-state index contributed by atoms with van der Waals surface area (Å²) in [6.45, 7) is 8.14. The third kappa shape index (κ3) is 4.83. The van der Waals surface area contributed by atoms with Gasteiger partial charge in [0.15, 0.2) is 0 Å². The second kappa shape index (κ2) is 8.33. The maximum Gasteiger partial charge on any atom is 0.416 e. The number of rotatable bonds is 4. The molecule has 0 bridgehead atoms. The molecule has 1 unspecified atom stereocenters. The van der Waals surface area contributed by atoms with Crippen molar-refractivity contribution in [3.8, 4) is 0 Å². The molecule has 3 rings (SSSR count). The SMILES string of the molecule is C=CCC(=O)N1CCCC(N2CCN(c3cccc(C(F)(F)F)c3)CC2)C1. The van der Waals surface area contributed by atoms with Crippen LogP contribution in [0, 0.1) is 0 Å². The van der Waals surface area contributed by atoms with Gasteiger partial charge in [-0.1, -0.05) is 12.1 Å². The molecular weight excluding hydrogens is 355 g/mol. The number of piperazine rings is 1. The molecular formula is C20H26F3N3O. The molecule has 2 saturated heterocycles. The van der Waals surface area contributed by atoms with E-state index in [2.05, 4.69) is 11.5 Å². The van der Waals surface area contributed by atoms with Crippen molar-refractivity contribution in [2.45, 2.75) is 31.5 Å². The van der Waals surface area contributed by atoms with Crippen LogP contribution in [0.5, 0.6) is 0 Å². The third-order valence-electron chi connectivity index (χ3n) is 5.44. The molecule has 1 amide bonds. The summed E-state index contributed by atoms with van der Waals surface area (Å²) in [6.07, 6.45) is -0.264. The zero-order valence-corrected chi connectivity index (χ0v) is 15.4. The fourth-order valence-corrected chi connectivity index (χ4v) is 3.96. The van der Waals surface area contributed by atoms with E-state index in [1.54, 1.807) is 12.1 Å². The smallest absolute Gasteiger partial charge is 0.369 e. The normalized spacial score (nSPS) is 22.0. The van der Waals surface area contributed by atoms with E-state index in [4.69, 9.17) is 0 Å². The van der Waals surface area contributed by atoms with E-state index in [0.29, 0.717) is 31.2 Å². The molecule has 0 N–H and O–H groups in total. The lowest BCUT2D eigenvalue weighted by molar-refractivity contribution is -0.137. The highest BCUT2D eigenvalue weighted by Crippen LogP contribution is 2.32. The quantitative estimate of drug-likeness (QED) is 0.748. The van der Waals surface area contributed by atoms with Crippen molar-refractivity contribution in [3.05, 3.63) is 42.5 Å². The minimum atomic E-state index is -4.32. The van der Waals surface area contributed by atoms with Crippen LogP contribution in [-0.2, 0) is 11.0 Å². The average Bonchev–Trinajstić information content (AvgIpc) is 2.68. The first kappa shape index (κ1) is 19.7. The molecule has 2 aliphatic rings. The Morgan fingerprint density at radius 3 is 2.59 bits per heavy atom. The minimum absolute atomic E-state index is 0.123. The second-order valence-electron chi connectivity index (χ2n) is 7.20. The lowest BCUT2D eigenvalue weighted by Crippen LogP contribution is -2.55. The summed E-state index contributed by atoms with van der Waals surface area (Å²) in [4.78, 5) is 18.4. The van der Waals surface area contributed by atoms with Crippen LogP contribution in [0.15, 0.2) is 36.9 Å². The Kier molecular flexibility index (Phi) is 6.09. The molecule has 2 aliphatic heterocycles. The van der Waals surface area contributed by atoms with Crippen LogP contribution in [-0.4, -0.2) is 61.0 Å². The molecule has 1 aromatic carbocycles. The predicted molar refractivity (Wildman–Crippen MR) is 99.6 cm³/mol. The van der Waals surface area contributed by atoms with Crippen molar-refractivity contribution in [1.29, 1.82) is 0 Å². The van der Waals surface area contributed by atoms with E-state index in [1.807, 2.05) is 9.80 Å². The average molecular weight is 381 g/mol. The van der Waals surface area contributed by atoms with Crippen molar-refractivity contribution in [3.63, 3.8) is 0 Å². The van der Waals surface area contributed by atoms with Crippen LogP contribution in [0.25, 0.3) is 0 Å². The Balaban J connectivity index is 1.57. The molecule has 0 aliphatic carbocycles. The molecule has 0 aromatic heterocycles. The maximum atomic E-state index is 12.9. The van der Waals surface area contributed by atoms with Gasteiger partial charge in [0.05, 0.1) is 5.56 Å². The van der Waals surface area contributed by atoms with Crippen LogP contribution in [0.3, 0.4) is 0 Å². The fourth-order valence-electron chi connectivity index (χ4n) is 3.96. The molecule has 27 heavy (non-hydrogen) atoms. The topological polar surface area (TPSA) is 26.8 Å². The molecule has 0 radical (unpaired) electrons. The summed E-state index contributed by atoms with van der Waals surface area (Å²) >= 11 is 0. The zero-order valence-electron chi connectivity index (χ0n) is 15.4. The standard InChI is InChI=1S/C20H26F3N3O/c1-2-5-19(27)26-9-4-8-18(15-26)25-12-10-24(11-13-25)17-7-3-6-16(14-17)20(21,22)23/h2-3,6-7,14,18H,1,4-5,8-13,15H2. The van der Waals surface area contributed by atoms with E-state index in [1.165, 1.54) is 12.1 Å². The fraction of sp³-hybridized carbons (Fsp3) is 0.550. The molecule has 1 aromatic rings. The van der Waals surface area contributed by atoms with Gasteiger partial charge in [0.25, 0.3) is 0 Å². The Labute approximate surface area is 158 Å². The molecule has 0 spiro atoms. The van der Waals surface area contributed by atoms with Gasteiger partial charge < -0.3 is 9.80 Å². The molecule has 7 heteroatoms. The number of halogens is 3. The van der Waals surface area contributed by atoms with Gasteiger partial charge in [-0.2, -0.15) is 13.2 Å². The van der Waals surface area contributed by atoms with E-state index in [-0.39, 0.29) is 5.91 Å². The number of anilines is 1. The Morgan fingerprint density at radius 2 is 1.93 bits per heavy atom. The molecule has 0 saturated carbocycles. The predicted octanol–water partition coefficient (Wildman–Crippen LogP) is 3.39. The van der Waals surface area contributed by atoms with Gasteiger partial charge in [0.1, 0.15) is 0 Å². The number of carbonyl (C=O) groups is 1. The van der Waals surface area contributed by atoms with Gasteiger partial charge in [0.2, 0.25) is 5.91 Å². The van der Waals surface area contributed by atoms with Gasteiger partial charge in [-0.3, -0.25) is 9.69 Å². The van der Waals surface area contributed by atoms with E-state index < -0.39 is 11.7 Å². The lowest BCUT2D eigenvalue weighted by atomic mass is 10.0. The number of benzene rings is 1. The Morgan fingerprint density at radius 1 is 1.19 bits per heavy atom. The van der Waals surface area contributed by atoms with Gasteiger partial charge in [0, 0.05) is 57.4 Å². The number of amides is 1. The Hall–Kier alpha value is -2.02. The first-order valence-electron chi connectivity index (χ1n) is 9.43. The van der Waals surface area contributed by atoms with Gasteiger partial charge in [-0.15, -0.1) is 6.58 Å². The van der Waals surface area contributed by atoms with E-state index >= 15 is 0 Å². The molecule has 148 valence electrons. The molecule has 2 fully saturated rings. The number of carbonyl (C=O) groups excluding carboxylic acids is 1. The Bertz CT molecular complexity index is 669. The first-order chi connectivity index (χ1) is 12.9. The van der Waals surface area contributed by atoms with Crippen molar-refractivity contribution < 1.29 is 18.0 Å². The lowest BCUT2D eigenvalue weighted by Gasteiger charge is -2.44. The molecule has 2 heterocycles. The summed E-state index contributed by atoms with van der Waals surface area (Å²) in [5.74, 6) is 0.123. The van der Waals surface area contributed by atoms with E-state index in [9.17, 15) is 18.0 Å². The zero-order chi connectivity index (χ0) is 19.4. The summed E-state index contributed by atoms with van der Waals surface area (Å²) < 4.78 is 38.8. The van der Waals surface area contributed by atoms with Gasteiger partial charge in [-0.25, -0.2) is 0 Å². The highest BCUT2D eigenvalue weighted by Gasteiger charge is 2.32. The number of likely N-dealkylation sites (tertiary alicyclic amines) is 1. The van der Waals surface area contributed by atoms with Gasteiger partial charge >= 0.3 is 6.18 Å². The number of hydrogen-bond donors (Lipinski definition) is 0. The second-order valence-corrected chi connectivity index (χ2v) is 7.20. The molecule has 1 atom stereocenters. The van der Waals surface area contributed by atoms with Crippen LogP contribution in [0.1, 0.15) is 24.8 Å². The van der Waals surface area contributed by atoms with Crippen LogP contribution < -0.4 is 4.90 Å². The van der Waals surface area contributed by atoms with Crippen LogP contribution >= 0.6 is 0 Å². The number of alkyl halides is 3. The highest BCUT2D eigenvalue weighted by molar-refractivity contribution is 5.77. The number of nitrogens with zero attached hydrogens (tertiary/aromatic N) is 3. The van der Waals surface area contributed by atoms with Crippen LogP contribution in [0.4, 0.5) is 18.9 Å². The first-order valence-corrected chi connectivity index (χ1v) is 9.43. The van der Waals surface area contributed by atoms with Crippen molar-refractivity contribution in [2.24, 2.45) is 0 Å². The summed E-state index contributed by atoms with van der Waals surface area (Å²) in [5.41, 5.74) is 0.0157. The van der Waals surface area contributed by atoms with Crippen molar-refractivity contribution >= 4 is 11.6 Å². The summed E-state index contributed by atoms with van der Waals surface area (Å²) in [6, 6.07) is 5.87. The van der Waals surface area contributed by atoms with E-state index in [0.717, 1.165) is 45.1 Å². The number of hydrogen-bond acceptors (Lipinski definition) is 3. The summed E-state index contributed by atoms with van der Waals surface area (Å²) in [7, 11) is 0. The minimum Gasteiger partial charge on any atom is -0.369 e. The highest BCUT2D eigenvalue weighted by atomic mass is 19.4. The maximum absolute atomic E-state index is 12.9. The third-order valence-corrected chi connectivity index (χ3v) is 5.44. The monoisotopic (exact) mass is 381 g/mol. The van der Waals surface area contributed by atoms with Crippen LogP contribution in [0.2, 0.25) is 0 Å². The molecule has 4 nitrogen and oxygen atoms in total. The van der Waals surface area contributed by atoms with Gasteiger partial charge in [-0.05, 0) is 31.0 Å². The van der Waals surface area contributed by atoms with Crippen molar-refractivity contribution in [1.82, 2.24) is 9.80 Å². The summed E-state index contributed by atoms with van der Waals surface area (Å²) in [5, 5.41) is 0.